The van der Waals surface area contributed by atoms with Crippen LogP contribution in [0.5, 0.6) is 0 Å². The van der Waals surface area contributed by atoms with Gasteiger partial charge in [-0.2, -0.15) is 0 Å². The molecule has 0 saturated carbocycles. The van der Waals surface area contributed by atoms with Gasteiger partial charge in [-0.15, -0.1) is 0 Å². The Morgan fingerprint density at radius 1 is 1.47 bits per heavy atom. The second-order valence-corrected chi connectivity index (χ2v) is 3.35. The molecule has 1 aromatic rings. The second-order valence-electron chi connectivity index (χ2n) is 2.91. The minimum absolute atomic E-state index is 0.200. The zero-order valence-corrected chi connectivity index (χ0v) is 9.23. The van der Waals surface area contributed by atoms with Crippen LogP contribution in [0.4, 0.5) is 5.82 Å². The van der Waals surface area contributed by atoms with Crippen LogP contribution in [0.3, 0.4) is 0 Å². The van der Waals surface area contributed by atoms with E-state index in [1.807, 2.05) is 0 Å². The van der Waals surface area contributed by atoms with Gasteiger partial charge in [0, 0.05) is 26.0 Å². The first kappa shape index (κ1) is 12.2. The van der Waals surface area contributed by atoms with E-state index >= 15 is 0 Å². The Morgan fingerprint density at radius 3 is 2.60 bits per heavy atom. The van der Waals surface area contributed by atoms with Gasteiger partial charge in [0.05, 0.1) is 5.02 Å². The largest absolute Gasteiger partial charge is 0.383 e. The van der Waals surface area contributed by atoms with Crippen molar-refractivity contribution in [3.63, 3.8) is 0 Å². The van der Waals surface area contributed by atoms with Crippen molar-refractivity contribution < 1.29 is 14.6 Å². The van der Waals surface area contributed by atoms with Crippen molar-refractivity contribution in [3.05, 3.63) is 22.8 Å². The molecule has 1 rings (SSSR count). The molecule has 15 heavy (non-hydrogen) atoms. The van der Waals surface area contributed by atoms with Gasteiger partial charge in [0.2, 0.25) is 0 Å². The Kier molecular flexibility index (Phi) is 4.28. The molecule has 5 nitrogen and oxygen atoms in total. The number of pyridine rings is 1. The lowest BCUT2D eigenvalue weighted by Crippen LogP contribution is -2.23. The van der Waals surface area contributed by atoms with E-state index in [9.17, 15) is 5.11 Å². The number of nitrogens with zero attached hydrogens (tertiary/aromatic N) is 1. The number of ether oxygens (including phenoxy) is 2. The van der Waals surface area contributed by atoms with E-state index in [1.165, 1.54) is 26.5 Å². The lowest BCUT2D eigenvalue weighted by atomic mass is 10.1. The number of rotatable bonds is 4. The Hall–Kier alpha value is -0.880. The normalized spacial score (nSPS) is 13.1. The maximum absolute atomic E-state index is 9.86. The zero-order valence-electron chi connectivity index (χ0n) is 8.48. The number of hydrogen-bond donors (Lipinski definition) is 2. The van der Waals surface area contributed by atoms with Gasteiger partial charge in [-0.05, 0) is 6.07 Å². The fraction of sp³-hybridized carbons (Fsp3) is 0.444. The molecule has 0 saturated heterocycles. The van der Waals surface area contributed by atoms with Crippen LogP contribution in [0.25, 0.3) is 0 Å². The third kappa shape index (κ3) is 2.79. The van der Waals surface area contributed by atoms with Gasteiger partial charge in [0.15, 0.2) is 6.29 Å². The molecule has 1 unspecified atom stereocenters. The maximum Gasteiger partial charge on any atom is 0.187 e. The summed E-state index contributed by atoms with van der Waals surface area (Å²) in [5.74, 6) is 0.200. The number of anilines is 1. The average Bonchev–Trinajstić information content (AvgIpc) is 2.23. The Labute approximate surface area is 92.8 Å². The van der Waals surface area contributed by atoms with Crippen LogP contribution in [0, 0.1) is 0 Å². The molecule has 0 amide bonds. The van der Waals surface area contributed by atoms with Gasteiger partial charge < -0.3 is 20.3 Å². The van der Waals surface area contributed by atoms with E-state index in [-0.39, 0.29) is 5.82 Å². The average molecular weight is 233 g/mol. The zero-order chi connectivity index (χ0) is 11.4. The second kappa shape index (κ2) is 5.27. The van der Waals surface area contributed by atoms with Crippen LogP contribution < -0.4 is 5.73 Å². The highest BCUT2D eigenvalue weighted by Crippen LogP contribution is 2.25. The number of nitrogens with two attached hydrogens (primary N) is 1. The van der Waals surface area contributed by atoms with Crippen molar-refractivity contribution in [2.45, 2.75) is 12.4 Å². The number of aliphatic hydroxyl groups is 1. The Morgan fingerprint density at radius 2 is 2.07 bits per heavy atom. The smallest absolute Gasteiger partial charge is 0.187 e. The number of aromatic nitrogens is 1. The van der Waals surface area contributed by atoms with E-state index in [0.29, 0.717) is 10.6 Å². The molecule has 0 radical (unpaired) electrons. The first-order chi connectivity index (χ1) is 7.10. The monoisotopic (exact) mass is 232 g/mol. The van der Waals surface area contributed by atoms with E-state index < -0.39 is 12.4 Å². The first-order valence-corrected chi connectivity index (χ1v) is 4.62. The highest BCUT2D eigenvalue weighted by atomic mass is 35.5. The summed E-state index contributed by atoms with van der Waals surface area (Å²) in [6.07, 6.45) is -0.416. The van der Waals surface area contributed by atoms with E-state index in [4.69, 9.17) is 26.8 Å². The summed E-state index contributed by atoms with van der Waals surface area (Å²) in [5, 5.41) is 10.2. The van der Waals surface area contributed by atoms with E-state index in [0.717, 1.165) is 0 Å². The van der Waals surface area contributed by atoms with Crippen LogP contribution >= 0.6 is 11.6 Å². The molecule has 1 heterocycles. The van der Waals surface area contributed by atoms with E-state index in [2.05, 4.69) is 4.98 Å². The lowest BCUT2D eigenvalue weighted by Gasteiger charge is -2.20. The predicted octanol–water partition coefficient (Wildman–Crippen LogP) is 0.969. The fourth-order valence-corrected chi connectivity index (χ4v) is 1.37. The summed E-state index contributed by atoms with van der Waals surface area (Å²) in [5.41, 5.74) is 5.98. The number of nitrogen functional groups attached to an aromatic ring is 1. The molecule has 3 N–H and O–H groups in total. The maximum atomic E-state index is 9.86. The minimum Gasteiger partial charge on any atom is -0.383 e. The Balaban J connectivity index is 2.98. The van der Waals surface area contributed by atoms with Crippen LogP contribution in [0.15, 0.2) is 12.3 Å². The molecule has 0 aromatic carbocycles. The third-order valence-corrected chi connectivity index (χ3v) is 2.16. The number of aliphatic hydroxyl groups excluding tert-OH is 1. The van der Waals surface area contributed by atoms with Crippen LogP contribution in [-0.4, -0.2) is 30.6 Å². The van der Waals surface area contributed by atoms with Crippen molar-refractivity contribution in [1.29, 1.82) is 0 Å². The van der Waals surface area contributed by atoms with Crippen molar-refractivity contribution in [1.82, 2.24) is 4.98 Å². The quantitative estimate of drug-likeness (QED) is 0.757. The molecule has 0 aliphatic carbocycles. The molecular formula is C9H13ClN2O3. The standard InChI is InChI=1S/C9H13ClN2O3/c1-14-9(15-2)7(13)6-3-5(10)4-12-8(6)11/h3-4,7,9,13H,1-2H3,(H2,11,12). The topological polar surface area (TPSA) is 77.6 Å². The SMILES string of the molecule is COC(OC)C(O)c1cc(Cl)cnc1N. The highest BCUT2D eigenvalue weighted by Gasteiger charge is 2.22. The van der Waals surface area contributed by atoms with Crippen molar-refractivity contribution in [3.8, 4) is 0 Å². The summed E-state index contributed by atoms with van der Waals surface area (Å²) in [6.45, 7) is 0. The highest BCUT2D eigenvalue weighted by molar-refractivity contribution is 6.30. The summed E-state index contributed by atoms with van der Waals surface area (Å²) >= 11 is 5.74. The van der Waals surface area contributed by atoms with Crippen molar-refractivity contribution in [2.24, 2.45) is 0 Å². The Bertz CT molecular complexity index is 331. The summed E-state index contributed by atoms with van der Waals surface area (Å²) in [7, 11) is 2.84. The molecular weight excluding hydrogens is 220 g/mol. The fourth-order valence-electron chi connectivity index (χ4n) is 1.20. The van der Waals surface area contributed by atoms with Gasteiger partial charge in [0.25, 0.3) is 0 Å². The van der Waals surface area contributed by atoms with Gasteiger partial charge >= 0.3 is 0 Å². The van der Waals surface area contributed by atoms with Crippen LogP contribution in [-0.2, 0) is 9.47 Å². The number of halogens is 1. The predicted molar refractivity (Wildman–Crippen MR) is 56.4 cm³/mol. The number of methoxy groups -OCH3 is 2. The summed E-state index contributed by atoms with van der Waals surface area (Å²) < 4.78 is 9.82. The molecule has 1 atom stereocenters. The molecule has 6 heteroatoms. The van der Waals surface area contributed by atoms with Crippen molar-refractivity contribution >= 4 is 17.4 Å². The summed E-state index contributed by atoms with van der Waals surface area (Å²) in [4.78, 5) is 3.83. The molecule has 0 aliphatic rings. The van der Waals surface area contributed by atoms with E-state index in [1.54, 1.807) is 0 Å². The number of hydrogen-bond acceptors (Lipinski definition) is 5. The van der Waals surface area contributed by atoms with Crippen LogP contribution in [0.1, 0.15) is 11.7 Å². The van der Waals surface area contributed by atoms with Crippen molar-refractivity contribution in [2.75, 3.05) is 20.0 Å². The third-order valence-electron chi connectivity index (χ3n) is 1.96. The van der Waals surface area contributed by atoms with Gasteiger partial charge in [-0.3, -0.25) is 0 Å². The van der Waals surface area contributed by atoms with Gasteiger partial charge in [0.1, 0.15) is 11.9 Å². The summed E-state index contributed by atoms with van der Waals surface area (Å²) in [6, 6.07) is 1.53. The lowest BCUT2D eigenvalue weighted by molar-refractivity contribution is -0.166. The minimum atomic E-state index is -1.02. The molecule has 0 bridgehead atoms. The molecule has 84 valence electrons. The molecule has 0 aliphatic heterocycles. The van der Waals surface area contributed by atoms with Gasteiger partial charge in [-0.1, -0.05) is 11.6 Å². The van der Waals surface area contributed by atoms with Gasteiger partial charge in [-0.25, -0.2) is 4.98 Å². The molecule has 0 fully saturated rings. The first-order valence-electron chi connectivity index (χ1n) is 4.24. The molecule has 1 aromatic heterocycles. The molecule has 0 spiro atoms. The van der Waals surface area contributed by atoms with Crippen LogP contribution in [0.2, 0.25) is 5.02 Å².